The Hall–Kier alpha value is -4.04. The molecule has 0 atom stereocenters. The molecule has 8 heteroatoms. The summed E-state index contributed by atoms with van der Waals surface area (Å²) in [4.78, 5) is 16.6. The fraction of sp³-hybridized carbons (Fsp3) is 0.115. The van der Waals surface area contributed by atoms with Crippen molar-refractivity contribution in [2.75, 3.05) is 20.0 Å². The van der Waals surface area contributed by atoms with Crippen molar-refractivity contribution < 1.29 is 14.3 Å². The molecular weight excluding hydrogens is 448 g/mol. The number of nitrogens with one attached hydrogen (secondary N) is 1. The summed E-state index contributed by atoms with van der Waals surface area (Å²) in [5.74, 6) is 1.31. The van der Waals surface area contributed by atoms with Crippen LogP contribution in [0.25, 0.3) is 16.9 Å². The van der Waals surface area contributed by atoms with Gasteiger partial charge in [0.25, 0.3) is 0 Å². The van der Waals surface area contributed by atoms with Gasteiger partial charge in [0.05, 0.1) is 36.9 Å². The van der Waals surface area contributed by atoms with Gasteiger partial charge in [-0.05, 0) is 54.6 Å². The zero-order chi connectivity index (χ0) is 23.8. The van der Waals surface area contributed by atoms with Gasteiger partial charge in [-0.3, -0.25) is 9.78 Å². The Bertz CT molecular complexity index is 1270. The van der Waals surface area contributed by atoms with Crippen molar-refractivity contribution >= 4 is 23.9 Å². The molecule has 2 aromatic carbocycles. The van der Waals surface area contributed by atoms with Crippen molar-refractivity contribution in [3.8, 4) is 28.4 Å². The number of methoxy groups -OCH3 is 2. The Morgan fingerprint density at radius 2 is 1.82 bits per heavy atom. The van der Waals surface area contributed by atoms with Crippen LogP contribution < -0.4 is 14.9 Å². The molecule has 0 aliphatic heterocycles. The van der Waals surface area contributed by atoms with E-state index in [4.69, 9.17) is 9.47 Å². The summed E-state index contributed by atoms with van der Waals surface area (Å²) in [5.41, 5.74) is 6.38. The molecule has 1 amide bonds. The molecule has 34 heavy (non-hydrogen) atoms. The number of carbonyl (C=O) groups is 1. The molecule has 0 saturated carbocycles. The van der Waals surface area contributed by atoms with Crippen LogP contribution in [-0.4, -0.2) is 41.6 Å². The number of hydrazone groups is 1. The number of rotatable bonds is 9. The SMILES string of the molecule is COc1ccc(OC)c(/C=N/NC(=O)CSc2ccc(-c3ccncc3)n2-c2ccccc2)c1. The van der Waals surface area contributed by atoms with Gasteiger partial charge in [-0.2, -0.15) is 5.10 Å². The Kier molecular flexibility index (Phi) is 7.62. The van der Waals surface area contributed by atoms with Gasteiger partial charge in [0.2, 0.25) is 5.91 Å². The smallest absolute Gasteiger partial charge is 0.250 e. The van der Waals surface area contributed by atoms with E-state index in [9.17, 15) is 4.79 Å². The van der Waals surface area contributed by atoms with Crippen molar-refractivity contribution in [2.45, 2.75) is 5.03 Å². The summed E-state index contributed by atoms with van der Waals surface area (Å²) in [5, 5.41) is 5.03. The number of pyridine rings is 1. The number of ether oxygens (including phenoxy) is 2. The molecule has 0 spiro atoms. The molecule has 0 aliphatic rings. The third-order valence-corrected chi connectivity index (χ3v) is 6.04. The van der Waals surface area contributed by atoms with Crippen LogP contribution in [0.5, 0.6) is 11.5 Å². The maximum Gasteiger partial charge on any atom is 0.250 e. The average molecular weight is 473 g/mol. The normalized spacial score (nSPS) is 10.9. The van der Waals surface area contributed by atoms with E-state index in [2.05, 4.69) is 26.1 Å². The van der Waals surface area contributed by atoms with Gasteiger partial charge in [-0.15, -0.1) is 0 Å². The standard InChI is InChI=1S/C26H24N4O3S/c1-32-22-8-10-24(33-2)20(16-22)17-28-29-25(31)18-34-26-11-9-23(19-12-14-27-15-13-19)30(26)21-6-4-3-5-7-21/h3-17H,18H2,1-2H3,(H,29,31)/b28-17+. The van der Waals surface area contributed by atoms with E-state index in [-0.39, 0.29) is 11.7 Å². The second kappa shape index (κ2) is 11.2. The highest BCUT2D eigenvalue weighted by atomic mass is 32.2. The zero-order valence-electron chi connectivity index (χ0n) is 18.8. The van der Waals surface area contributed by atoms with Gasteiger partial charge in [-0.1, -0.05) is 30.0 Å². The van der Waals surface area contributed by atoms with Crippen molar-refractivity contribution in [3.05, 3.63) is 90.8 Å². The predicted molar refractivity (Wildman–Crippen MR) is 135 cm³/mol. The molecule has 0 unspecified atom stereocenters. The Labute approximate surface area is 202 Å². The number of hydrogen-bond donors (Lipinski definition) is 1. The lowest BCUT2D eigenvalue weighted by Crippen LogP contribution is -2.19. The van der Waals surface area contributed by atoms with Crippen molar-refractivity contribution in [1.82, 2.24) is 15.0 Å². The number of amides is 1. The summed E-state index contributed by atoms with van der Waals surface area (Å²) in [6, 6.07) is 23.4. The molecule has 0 fully saturated rings. The minimum absolute atomic E-state index is 0.208. The molecule has 0 radical (unpaired) electrons. The third-order valence-electron chi connectivity index (χ3n) is 5.02. The van der Waals surface area contributed by atoms with Crippen LogP contribution in [-0.2, 0) is 4.79 Å². The van der Waals surface area contributed by atoms with Crippen LogP contribution in [0.1, 0.15) is 5.56 Å². The number of aromatic nitrogens is 2. The fourth-order valence-electron chi connectivity index (χ4n) is 3.41. The molecule has 2 aromatic heterocycles. The lowest BCUT2D eigenvalue weighted by atomic mass is 10.2. The van der Waals surface area contributed by atoms with E-state index in [0.29, 0.717) is 17.1 Å². The van der Waals surface area contributed by atoms with Crippen LogP contribution in [0.3, 0.4) is 0 Å². The highest BCUT2D eigenvalue weighted by Gasteiger charge is 2.14. The summed E-state index contributed by atoms with van der Waals surface area (Å²) in [7, 11) is 3.17. The van der Waals surface area contributed by atoms with Crippen molar-refractivity contribution in [3.63, 3.8) is 0 Å². The van der Waals surface area contributed by atoms with E-state index in [1.54, 1.807) is 44.8 Å². The first-order chi connectivity index (χ1) is 16.7. The molecule has 4 rings (SSSR count). The van der Waals surface area contributed by atoms with Gasteiger partial charge in [0, 0.05) is 29.2 Å². The molecule has 0 bridgehead atoms. The second-order valence-corrected chi connectivity index (χ2v) is 8.15. The van der Waals surface area contributed by atoms with E-state index in [1.807, 2.05) is 48.5 Å². The Morgan fingerprint density at radius 3 is 2.56 bits per heavy atom. The van der Waals surface area contributed by atoms with E-state index >= 15 is 0 Å². The summed E-state index contributed by atoms with van der Waals surface area (Å²) < 4.78 is 12.7. The van der Waals surface area contributed by atoms with Gasteiger partial charge in [0.15, 0.2) is 0 Å². The topological polar surface area (TPSA) is 77.7 Å². The van der Waals surface area contributed by atoms with Crippen molar-refractivity contribution in [1.29, 1.82) is 0 Å². The minimum atomic E-state index is -0.214. The fourth-order valence-corrected chi connectivity index (χ4v) is 4.25. The molecule has 7 nitrogen and oxygen atoms in total. The van der Waals surface area contributed by atoms with Crippen LogP contribution in [0.15, 0.2) is 95.3 Å². The zero-order valence-corrected chi connectivity index (χ0v) is 19.7. The third kappa shape index (κ3) is 5.47. The lowest BCUT2D eigenvalue weighted by Gasteiger charge is -2.13. The van der Waals surface area contributed by atoms with E-state index < -0.39 is 0 Å². The summed E-state index contributed by atoms with van der Waals surface area (Å²) in [6.07, 6.45) is 5.08. The largest absolute Gasteiger partial charge is 0.497 e. The van der Waals surface area contributed by atoms with Gasteiger partial charge < -0.3 is 14.0 Å². The first kappa shape index (κ1) is 23.1. The van der Waals surface area contributed by atoms with Gasteiger partial charge in [0.1, 0.15) is 11.5 Å². The van der Waals surface area contributed by atoms with Crippen LogP contribution in [0.4, 0.5) is 0 Å². The Morgan fingerprint density at radius 1 is 1.03 bits per heavy atom. The highest BCUT2D eigenvalue weighted by molar-refractivity contribution is 7.99. The van der Waals surface area contributed by atoms with Gasteiger partial charge >= 0.3 is 0 Å². The highest BCUT2D eigenvalue weighted by Crippen LogP contribution is 2.31. The predicted octanol–water partition coefficient (Wildman–Crippen LogP) is 4.80. The molecule has 0 aliphatic carbocycles. The molecule has 172 valence electrons. The maximum absolute atomic E-state index is 12.5. The maximum atomic E-state index is 12.5. The summed E-state index contributed by atoms with van der Waals surface area (Å²) >= 11 is 1.44. The molecular formula is C26H24N4O3S. The number of benzene rings is 2. The van der Waals surface area contributed by atoms with Crippen molar-refractivity contribution in [2.24, 2.45) is 5.10 Å². The van der Waals surface area contributed by atoms with Crippen LogP contribution in [0.2, 0.25) is 0 Å². The number of carbonyl (C=O) groups excluding carboxylic acids is 1. The molecule has 0 saturated heterocycles. The first-order valence-corrected chi connectivity index (χ1v) is 11.5. The van der Waals surface area contributed by atoms with Gasteiger partial charge in [-0.25, -0.2) is 5.43 Å². The lowest BCUT2D eigenvalue weighted by molar-refractivity contribution is -0.118. The number of hydrogen-bond acceptors (Lipinski definition) is 6. The second-order valence-electron chi connectivity index (χ2n) is 7.15. The molecule has 4 aromatic rings. The minimum Gasteiger partial charge on any atom is -0.497 e. The van der Waals surface area contributed by atoms with E-state index in [1.165, 1.54) is 18.0 Å². The van der Waals surface area contributed by atoms with Crippen LogP contribution in [0, 0.1) is 0 Å². The number of thioether (sulfide) groups is 1. The van der Waals surface area contributed by atoms with Crippen LogP contribution >= 0.6 is 11.8 Å². The first-order valence-electron chi connectivity index (χ1n) is 10.5. The average Bonchev–Trinajstić information content (AvgIpc) is 3.32. The molecule has 2 heterocycles. The Balaban J connectivity index is 1.47. The quantitative estimate of drug-likeness (QED) is 0.215. The molecule has 1 N–H and O–H groups in total. The number of para-hydroxylation sites is 1. The summed E-state index contributed by atoms with van der Waals surface area (Å²) in [6.45, 7) is 0. The van der Waals surface area contributed by atoms with E-state index in [0.717, 1.165) is 22.0 Å². The number of nitrogens with zero attached hydrogens (tertiary/aromatic N) is 3. The monoisotopic (exact) mass is 472 g/mol.